The summed E-state index contributed by atoms with van der Waals surface area (Å²) in [4.78, 5) is 27.0. The predicted molar refractivity (Wildman–Crippen MR) is 71.8 cm³/mol. The summed E-state index contributed by atoms with van der Waals surface area (Å²) in [6.07, 6.45) is 1.36. The summed E-state index contributed by atoms with van der Waals surface area (Å²) >= 11 is 0. The van der Waals surface area contributed by atoms with Crippen LogP contribution in [0.4, 0.5) is 5.69 Å². The smallest absolute Gasteiger partial charge is 0.356 e. The van der Waals surface area contributed by atoms with E-state index >= 15 is 0 Å². The molecule has 2 aromatic rings. The van der Waals surface area contributed by atoms with E-state index in [-0.39, 0.29) is 11.4 Å². The van der Waals surface area contributed by atoms with Crippen LogP contribution < -0.4 is 5.32 Å². The SMILES string of the molecule is CCn1nc(C)cc1C(=O)Nc1cccnc1C(=O)O. The number of hydrogen-bond acceptors (Lipinski definition) is 4. The number of aromatic nitrogens is 3. The molecule has 7 nitrogen and oxygen atoms in total. The fourth-order valence-electron chi connectivity index (χ4n) is 1.83. The Morgan fingerprint density at radius 3 is 2.85 bits per heavy atom. The molecule has 2 aromatic heterocycles. The van der Waals surface area contributed by atoms with Crippen LogP contribution in [0.1, 0.15) is 33.6 Å². The number of amides is 1. The van der Waals surface area contributed by atoms with Crippen LogP contribution >= 0.6 is 0 Å². The molecule has 0 aliphatic rings. The first-order valence-corrected chi connectivity index (χ1v) is 6.07. The highest BCUT2D eigenvalue weighted by Crippen LogP contribution is 2.14. The summed E-state index contributed by atoms with van der Waals surface area (Å²) in [5.74, 6) is -1.61. The number of anilines is 1. The van der Waals surface area contributed by atoms with E-state index in [1.165, 1.54) is 12.3 Å². The summed E-state index contributed by atoms with van der Waals surface area (Å²) in [7, 11) is 0. The van der Waals surface area contributed by atoms with E-state index in [9.17, 15) is 9.59 Å². The third-order valence-corrected chi connectivity index (χ3v) is 2.69. The van der Waals surface area contributed by atoms with Gasteiger partial charge in [0.15, 0.2) is 5.69 Å². The highest BCUT2D eigenvalue weighted by Gasteiger charge is 2.17. The van der Waals surface area contributed by atoms with Gasteiger partial charge in [0.05, 0.1) is 11.4 Å². The van der Waals surface area contributed by atoms with Crippen LogP contribution in [0.5, 0.6) is 0 Å². The third kappa shape index (κ3) is 2.66. The fraction of sp³-hybridized carbons (Fsp3) is 0.231. The Morgan fingerprint density at radius 2 is 2.20 bits per heavy atom. The highest BCUT2D eigenvalue weighted by molar-refractivity contribution is 6.06. The zero-order valence-corrected chi connectivity index (χ0v) is 11.1. The molecule has 104 valence electrons. The van der Waals surface area contributed by atoms with Crippen LogP contribution in [0.3, 0.4) is 0 Å². The van der Waals surface area contributed by atoms with Gasteiger partial charge in [-0.1, -0.05) is 0 Å². The molecule has 0 spiro atoms. The van der Waals surface area contributed by atoms with Crippen LogP contribution in [-0.2, 0) is 6.54 Å². The van der Waals surface area contributed by atoms with Crippen molar-refractivity contribution in [2.24, 2.45) is 0 Å². The second-order valence-electron chi connectivity index (χ2n) is 4.15. The first-order chi connectivity index (χ1) is 9.52. The van der Waals surface area contributed by atoms with E-state index in [0.717, 1.165) is 5.69 Å². The lowest BCUT2D eigenvalue weighted by Gasteiger charge is -2.08. The van der Waals surface area contributed by atoms with Gasteiger partial charge < -0.3 is 10.4 Å². The van der Waals surface area contributed by atoms with E-state index in [4.69, 9.17) is 5.11 Å². The molecule has 0 aliphatic carbocycles. The van der Waals surface area contributed by atoms with Gasteiger partial charge in [-0.05, 0) is 32.0 Å². The second-order valence-corrected chi connectivity index (χ2v) is 4.15. The number of hydrogen-bond donors (Lipinski definition) is 2. The Hall–Kier alpha value is -2.70. The molecule has 0 atom stereocenters. The molecule has 2 N–H and O–H groups in total. The number of nitrogens with zero attached hydrogens (tertiary/aromatic N) is 3. The molecule has 0 unspecified atom stereocenters. The van der Waals surface area contributed by atoms with Gasteiger partial charge >= 0.3 is 5.97 Å². The van der Waals surface area contributed by atoms with Crippen molar-refractivity contribution in [3.63, 3.8) is 0 Å². The Balaban J connectivity index is 2.30. The standard InChI is InChI=1S/C13H14N4O3/c1-3-17-10(7-8(2)16-17)12(18)15-9-5-4-6-14-11(9)13(19)20/h4-7H,3H2,1-2H3,(H,15,18)(H,19,20). The van der Waals surface area contributed by atoms with Crippen molar-refractivity contribution in [1.29, 1.82) is 0 Å². The summed E-state index contributed by atoms with van der Waals surface area (Å²) in [6.45, 7) is 4.21. The number of carbonyl (C=O) groups is 2. The van der Waals surface area contributed by atoms with Crippen molar-refractivity contribution >= 4 is 17.6 Å². The topological polar surface area (TPSA) is 97.1 Å². The Kier molecular flexibility index (Phi) is 3.79. The van der Waals surface area contributed by atoms with Crippen LogP contribution in [0.25, 0.3) is 0 Å². The van der Waals surface area contributed by atoms with E-state index in [2.05, 4.69) is 15.4 Å². The zero-order valence-electron chi connectivity index (χ0n) is 11.1. The molecule has 2 rings (SSSR count). The number of rotatable bonds is 4. The predicted octanol–water partition coefficient (Wildman–Crippen LogP) is 1.56. The minimum absolute atomic E-state index is 0.159. The molecule has 0 saturated heterocycles. The lowest BCUT2D eigenvalue weighted by atomic mass is 10.2. The number of nitrogens with one attached hydrogen (secondary N) is 1. The molecule has 2 heterocycles. The van der Waals surface area contributed by atoms with E-state index in [0.29, 0.717) is 12.2 Å². The number of pyridine rings is 1. The first kappa shape index (κ1) is 13.7. The van der Waals surface area contributed by atoms with Crippen LogP contribution in [-0.4, -0.2) is 31.7 Å². The number of carbonyl (C=O) groups excluding carboxylic acids is 1. The van der Waals surface area contributed by atoms with Gasteiger partial charge in [-0.2, -0.15) is 5.10 Å². The molecular formula is C13H14N4O3. The average Bonchev–Trinajstić information content (AvgIpc) is 2.80. The van der Waals surface area contributed by atoms with Crippen LogP contribution in [0.2, 0.25) is 0 Å². The Bertz CT molecular complexity index is 663. The third-order valence-electron chi connectivity index (χ3n) is 2.69. The summed E-state index contributed by atoms with van der Waals surface area (Å²) < 4.78 is 1.56. The van der Waals surface area contributed by atoms with E-state index in [1.807, 2.05) is 6.92 Å². The maximum absolute atomic E-state index is 12.2. The zero-order chi connectivity index (χ0) is 14.7. The summed E-state index contributed by atoms with van der Waals surface area (Å²) in [5, 5.41) is 15.7. The maximum Gasteiger partial charge on any atom is 0.356 e. The minimum atomic E-state index is -1.19. The maximum atomic E-state index is 12.2. The molecule has 0 aliphatic heterocycles. The largest absolute Gasteiger partial charge is 0.476 e. The monoisotopic (exact) mass is 274 g/mol. The molecule has 20 heavy (non-hydrogen) atoms. The quantitative estimate of drug-likeness (QED) is 0.881. The lowest BCUT2D eigenvalue weighted by molar-refractivity contribution is 0.0691. The van der Waals surface area contributed by atoms with Gasteiger partial charge in [-0.15, -0.1) is 0 Å². The Morgan fingerprint density at radius 1 is 1.45 bits per heavy atom. The molecule has 0 saturated carbocycles. The Labute approximate surface area is 115 Å². The molecule has 0 aromatic carbocycles. The molecule has 0 bridgehead atoms. The van der Waals surface area contributed by atoms with Crippen molar-refractivity contribution in [2.75, 3.05) is 5.32 Å². The average molecular weight is 274 g/mol. The van der Waals surface area contributed by atoms with Crippen molar-refractivity contribution in [1.82, 2.24) is 14.8 Å². The summed E-state index contributed by atoms with van der Waals surface area (Å²) in [5.41, 5.74) is 1.07. The van der Waals surface area contributed by atoms with Crippen LogP contribution in [0, 0.1) is 6.92 Å². The van der Waals surface area contributed by atoms with Gasteiger partial charge in [-0.3, -0.25) is 9.48 Å². The van der Waals surface area contributed by atoms with Gasteiger partial charge in [-0.25, -0.2) is 9.78 Å². The number of aromatic carboxylic acids is 1. The number of carboxylic acid groups (broad SMARTS) is 1. The van der Waals surface area contributed by atoms with Gasteiger partial charge in [0, 0.05) is 12.7 Å². The van der Waals surface area contributed by atoms with E-state index < -0.39 is 11.9 Å². The van der Waals surface area contributed by atoms with Crippen molar-refractivity contribution in [3.8, 4) is 0 Å². The molecule has 1 amide bonds. The second kappa shape index (κ2) is 5.52. The van der Waals surface area contributed by atoms with E-state index in [1.54, 1.807) is 23.7 Å². The molecule has 0 fully saturated rings. The lowest BCUT2D eigenvalue weighted by Crippen LogP contribution is -2.19. The van der Waals surface area contributed by atoms with Crippen molar-refractivity contribution in [2.45, 2.75) is 20.4 Å². The van der Waals surface area contributed by atoms with Crippen molar-refractivity contribution in [3.05, 3.63) is 41.5 Å². The van der Waals surface area contributed by atoms with Gasteiger partial charge in [0.25, 0.3) is 5.91 Å². The van der Waals surface area contributed by atoms with Gasteiger partial charge in [0.2, 0.25) is 0 Å². The number of aryl methyl sites for hydroxylation is 2. The number of carboxylic acids is 1. The fourth-order valence-corrected chi connectivity index (χ4v) is 1.83. The summed E-state index contributed by atoms with van der Waals surface area (Å²) in [6, 6.07) is 4.70. The van der Waals surface area contributed by atoms with Crippen LogP contribution in [0.15, 0.2) is 24.4 Å². The minimum Gasteiger partial charge on any atom is -0.476 e. The highest BCUT2D eigenvalue weighted by atomic mass is 16.4. The van der Waals surface area contributed by atoms with Crippen molar-refractivity contribution < 1.29 is 14.7 Å². The molecule has 7 heteroatoms. The molecular weight excluding hydrogens is 260 g/mol. The first-order valence-electron chi connectivity index (χ1n) is 6.07. The van der Waals surface area contributed by atoms with Gasteiger partial charge in [0.1, 0.15) is 5.69 Å². The normalized spacial score (nSPS) is 10.3. The molecule has 0 radical (unpaired) electrons.